The Hall–Kier alpha value is -1.49. The molecule has 142 valence electrons. The molecule has 1 N–H and O–H groups in total. The lowest BCUT2D eigenvalue weighted by atomic mass is 9.88. The third-order valence-corrected chi connectivity index (χ3v) is 6.42. The number of carbonyl (C=O) groups is 2. The van der Waals surface area contributed by atoms with Gasteiger partial charge >= 0.3 is 0 Å². The monoisotopic (exact) mass is 421 g/mol. The zero-order valence-electron chi connectivity index (χ0n) is 14.8. The van der Waals surface area contributed by atoms with Gasteiger partial charge in [-0.1, -0.05) is 48.5 Å². The topological polar surface area (TPSA) is 46.2 Å². The molecule has 1 aliphatic carbocycles. The lowest BCUT2D eigenvalue weighted by Crippen LogP contribution is -2.24. The molecule has 0 radical (unpaired) electrons. The number of benzene rings is 2. The highest BCUT2D eigenvalue weighted by atomic mass is 35.5. The summed E-state index contributed by atoms with van der Waals surface area (Å²) in [6.45, 7) is 0. The molecule has 0 bridgehead atoms. The molecule has 6 heteroatoms. The summed E-state index contributed by atoms with van der Waals surface area (Å²) in [6.07, 6.45) is 5.43. The second kappa shape index (κ2) is 9.63. The van der Waals surface area contributed by atoms with E-state index in [-0.39, 0.29) is 23.4 Å². The van der Waals surface area contributed by atoms with Crippen molar-refractivity contribution in [1.82, 2.24) is 0 Å². The van der Waals surface area contributed by atoms with Gasteiger partial charge in [-0.25, -0.2) is 0 Å². The third kappa shape index (κ3) is 5.74. The Labute approximate surface area is 173 Å². The van der Waals surface area contributed by atoms with Crippen LogP contribution in [0.1, 0.15) is 42.5 Å². The average molecular weight is 422 g/mol. The van der Waals surface area contributed by atoms with Gasteiger partial charge < -0.3 is 5.32 Å². The minimum Gasteiger partial charge on any atom is -0.326 e. The van der Waals surface area contributed by atoms with E-state index in [4.69, 9.17) is 23.2 Å². The van der Waals surface area contributed by atoms with Gasteiger partial charge in [-0.2, -0.15) is 0 Å². The summed E-state index contributed by atoms with van der Waals surface area (Å²) < 4.78 is 0. The summed E-state index contributed by atoms with van der Waals surface area (Å²) >= 11 is 13.3. The number of thioether (sulfide) groups is 1. The van der Waals surface area contributed by atoms with Crippen LogP contribution in [-0.2, 0) is 4.79 Å². The zero-order valence-corrected chi connectivity index (χ0v) is 17.2. The van der Waals surface area contributed by atoms with Gasteiger partial charge in [0.1, 0.15) is 0 Å². The van der Waals surface area contributed by atoms with Gasteiger partial charge in [0.05, 0.1) is 15.8 Å². The molecule has 0 aliphatic heterocycles. The van der Waals surface area contributed by atoms with E-state index in [2.05, 4.69) is 5.32 Å². The molecule has 0 heterocycles. The van der Waals surface area contributed by atoms with Crippen molar-refractivity contribution in [3.05, 3.63) is 58.1 Å². The first kappa shape index (κ1) is 20.2. The van der Waals surface area contributed by atoms with Gasteiger partial charge in [0, 0.05) is 22.1 Å². The molecule has 0 unspecified atom stereocenters. The smallest absolute Gasteiger partial charge is 0.227 e. The summed E-state index contributed by atoms with van der Waals surface area (Å²) in [5.74, 6) is 0.489. The molecule has 1 amide bonds. The fraction of sp³-hybridized carbons (Fsp3) is 0.333. The highest BCUT2D eigenvalue weighted by molar-refractivity contribution is 8.00. The number of amides is 1. The van der Waals surface area contributed by atoms with E-state index >= 15 is 0 Å². The first-order valence-corrected chi connectivity index (χ1v) is 10.8. The Morgan fingerprint density at radius 2 is 1.78 bits per heavy atom. The second-order valence-corrected chi connectivity index (χ2v) is 8.56. The van der Waals surface area contributed by atoms with Crippen LogP contribution in [0.15, 0.2) is 47.4 Å². The van der Waals surface area contributed by atoms with Gasteiger partial charge in [-0.3, -0.25) is 9.59 Å². The number of carbonyl (C=O) groups excluding carboxylic acids is 2. The quantitative estimate of drug-likeness (QED) is 0.428. The summed E-state index contributed by atoms with van der Waals surface area (Å²) in [4.78, 5) is 25.7. The average Bonchev–Trinajstić information content (AvgIpc) is 2.69. The Morgan fingerprint density at radius 3 is 2.52 bits per heavy atom. The number of anilines is 1. The molecule has 0 saturated heterocycles. The van der Waals surface area contributed by atoms with Crippen LogP contribution in [0.4, 0.5) is 5.69 Å². The number of ketones is 1. The third-order valence-electron chi connectivity index (χ3n) is 4.69. The van der Waals surface area contributed by atoms with E-state index in [9.17, 15) is 9.59 Å². The SMILES string of the molecule is O=C(CSc1cccc(NC(=O)C2CCCCC2)c1)c1ccc(Cl)c(Cl)c1. The number of rotatable bonds is 6. The minimum absolute atomic E-state index is 0.0183. The van der Waals surface area contributed by atoms with Crippen molar-refractivity contribution in [1.29, 1.82) is 0 Å². The standard InChI is InChI=1S/C21H21Cl2NO2S/c22-18-10-9-15(11-19(18)23)20(25)13-27-17-8-4-7-16(12-17)24-21(26)14-5-2-1-3-6-14/h4,7-12,14H,1-3,5-6,13H2,(H,24,26). The Kier molecular flexibility index (Phi) is 7.22. The van der Waals surface area contributed by atoms with E-state index in [0.717, 1.165) is 36.3 Å². The van der Waals surface area contributed by atoms with Crippen LogP contribution in [0.3, 0.4) is 0 Å². The van der Waals surface area contributed by atoms with Gasteiger partial charge in [0.15, 0.2) is 5.78 Å². The first-order chi connectivity index (χ1) is 13.0. The summed E-state index contributed by atoms with van der Waals surface area (Å²) in [6, 6.07) is 12.5. The van der Waals surface area contributed by atoms with Crippen molar-refractivity contribution in [2.45, 2.75) is 37.0 Å². The van der Waals surface area contributed by atoms with Crippen LogP contribution in [0.5, 0.6) is 0 Å². The summed E-state index contributed by atoms with van der Waals surface area (Å²) in [7, 11) is 0. The fourth-order valence-electron chi connectivity index (χ4n) is 3.17. The number of nitrogens with one attached hydrogen (secondary N) is 1. The molecule has 0 aromatic heterocycles. The maximum absolute atomic E-state index is 12.4. The highest BCUT2D eigenvalue weighted by Gasteiger charge is 2.21. The van der Waals surface area contributed by atoms with Crippen LogP contribution in [0.25, 0.3) is 0 Å². The Bertz CT molecular complexity index is 835. The largest absolute Gasteiger partial charge is 0.326 e. The second-order valence-electron chi connectivity index (χ2n) is 6.69. The van der Waals surface area contributed by atoms with Crippen molar-refractivity contribution in [3.63, 3.8) is 0 Å². The van der Waals surface area contributed by atoms with Crippen molar-refractivity contribution >= 4 is 52.3 Å². The lowest BCUT2D eigenvalue weighted by Gasteiger charge is -2.20. The van der Waals surface area contributed by atoms with Gasteiger partial charge in [0.2, 0.25) is 5.91 Å². The molecule has 27 heavy (non-hydrogen) atoms. The predicted molar refractivity (Wildman–Crippen MR) is 113 cm³/mol. The molecule has 3 nitrogen and oxygen atoms in total. The van der Waals surface area contributed by atoms with Crippen molar-refractivity contribution in [2.24, 2.45) is 5.92 Å². The van der Waals surface area contributed by atoms with E-state index < -0.39 is 0 Å². The van der Waals surface area contributed by atoms with Crippen molar-refractivity contribution in [2.75, 3.05) is 11.1 Å². The van der Waals surface area contributed by atoms with Crippen LogP contribution in [-0.4, -0.2) is 17.4 Å². The maximum atomic E-state index is 12.4. The van der Waals surface area contributed by atoms with Crippen LogP contribution < -0.4 is 5.32 Å². The minimum atomic E-state index is -0.0183. The van der Waals surface area contributed by atoms with Gasteiger partial charge in [-0.15, -0.1) is 11.8 Å². The number of halogens is 2. The molecule has 2 aromatic carbocycles. The molecular formula is C21H21Cl2NO2S. The molecule has 1 fully saturated rings. The normalized spacial score (nSPS) is 14.7. The van der Waals surface area contributed by atoms with Crippen molar-refractivity contribution in [3.8, 4) is 0 Å². The Balaban J connectivity index is 1.57. The first-order valence-electron chi connectivity index (χ1n) is 9.05. The number of hydrogen-bond donors (Lipinski definition) is 1. The summed E-state index contributed by atoms with van der Waals surface area (Å²) in [5.41, 5.74) is 1.32. The number of Topliss-reactive ketones (excluding diaryl/α,β-unsaturated/α-hetero) is 1. The molecule has 1 saturated carbocycles. The fourth-order valence-corrected chi connectivity index (χ4v) is 4.32. The molecule has 2 aromatic rings. The van der Waals surface area contributed by atoms with E-state index in [0.29, 0.717) is 15.6 Å². The maximum Gasteiger partial charge on any atom is 0.227 e. The molecule has 1 aliphatic rings. The lowest BCUT2D eigenvalue weighted by molar-refractivity contribution is -0.120. The Morgan fingerprint density at radius 1 is 1.00 bits per heavy atom. The molecular weight excluding hydrogens is 401 g/mol. The van der Waals surface area contributed by atoms with Crippen LogP contribution in [0.2, 0.25) is 10.0 Å². The van der Waals surface area contributed by atoms with Crippen LogP contribution >= 0.6 is 35.0 Å². The zero-order chi connectivity index (χ0) is 19.2. The number of hydrogen-bond acceptors (Lipinski definition) is 3. The molecule has 0 atom stereocenters. The summed E-state index contributed by atoms with van der Waals surface area (Å²) in [5, 5.41) is 3.82. The van der Waals surface area contributed by atoms with Crippen molar-refractivity contribution < 1.29 is 9.59 Å². The molecule has 0 spiro atoms. The van der Waals surface area contributed by atoms with Crippen LogP contribution in [0, 0.1) is 5.92 Å². The van der Waals surface area contributed by atoms with Gasteiger partial charge in [-0.05, 0) is 49.2 Å². The van der Waals surface area contributed by atoms with Gasteiger partial charge in [0.25, 0.3) is 0 Å². The van der Waals surface area contributed by atoms with E-state index in [1.807, 2.05) is 24.3 Å². The van der Waals surface area contributed by atoms with E-state index in [1.165, 1.54) is 18.2 Å². The predicted octanol–water partition coefficient (Wildman–Crippen LogP) is 6.49. The van der Waals surface area contributed by atoms with E-state index in [1.54, 1.807) is 18.2 Å². The molecule has 3 rings (SSSR count). The highest BCUT2D eigenvalue weighted by Crippen LogP contribution is 2.28.